The molecular weight excluding hydrogens is 380 g/mol. The van der Waals surface area contributed by atoms with Gasteiger partial charge in [-0.1, -0.05) is 42.5 Å². The third-order valence-electron chi connectivity index (χ3n) is 7.31. The quantitative estimate of drug-likeness (QED) is 0.504. The maximum atomic E-state index is 6.46. The monoisotopic (exact) mass is 410 g/mol. The summed E-state index contributed by atoms with van der Waals surface area (Å²) >= 11 is 0. The number of benzene rings is 3. The normalized spacial score (nSPS) is 23.5. The average molecular weight is 411 g/mol. The Morgan fingerprint density at radius 2 is 1.68 bits per heavy atom. The molecule has 1 atom stereocenters. The molecule has 1 aliphatic heterocycles. The summed E-state index contributed by atoms with van der Waals surface area (Å²) in [6, 6.07) is 19.6. The molecule has 0 radical (unpaired) electrons. The van der Waals surface area contributed by atoms with Crippen LogP contribution in [0, 0.1) is 0 Å². The van der Waals surface area contributed by atoms with Crippen molar-refractivity contribution in [1.82, 2.24) is 0 Å². The molecule has 31 heavy (non-hydrogen) atoms. The SMILES string of the molecule is CC1(Nc2cccc3c2=C(N)CCC=3)CCCC2(C1)Nc1cccc3cccc(c13)N2. The molecule has 3 aliphatic rings. The van der Waals surface area contributed by atoms with Gasteiger partial charge in [-0.25, -0.2) is 0 Å². The molecule has 5 N–H and O–H groups in total. The molecule has 1 unspecified atom stereocenters. The van der Waals surface area contributed by atoms with Gasteiger partial charge in [0.1, 0.15) is 5.66 Å². The number of nitrogens with two attached hydrogens (primary N) is 1. The second kappa shape index (κ2) is 6.68. The van der Waals surface area contributed by atoms with Crippen LogP contribution >= 0.6 is 0 Å². The van der Waals surface area contributed by atoms with Crippen LogP contribution in [0.15, 0.2) is 54.6 Å². The first-order chi connectivity index (χ1) is 15.0. The number of nitrogens with one attached hydrogen (secondary N) is 3. The molecule has 158 valence electrons. The fourth-order valence-electron chi connectivity index (χ4n) is 6.08. The van der Waals surface area contributed by atoms with Gasteiger partial charge in [0.2, 0.25) is 0 Å². The lowest BCUT2D eigenvalue weighted by Crippen LogP contribution is -2.58. The Morgan fingerprint density at radius 1 is 0.935 bits per heavy atom. The highest BCUT2D eigenvalue weighted by Gasteiger charge is 2.44. The van der Waals surface area contributed by atoms with E-state index in [0.29, 0.717) is 0 Å². The minimum Gasteiger partial charge on any atom is -0.401 e. The summed E-state index contributed by atoms with van der Waals surface area (Å²) in [5.41, 5.74) is 10.9. The van der Waals surface area contributed by atoms with Crippen LogP contribution in [-0.2, 0) is 0 Å². The standard InChI is InChI=1S/C27H30N4/c1-26(29-21-12-3-8-18-7-2-11-20(28)24(18)21)15-6-16-27(17-26)30-22-13-4-9-19-10-5-14-23(31-27)25(19)22/h3-5,7-10,12-14,29-31H,2,6,11,15-17,28H2,1H3. The fourth-order valence-corrected chi connectivity index (χ4v) is 6.08. The van der Waals surface area contributed by atoms with Gasteiger partial charge in [0.25, 0.3) is 0 Å². The molecule has 1 fully saturated rings. The topological polar surface area (TPSA) is 62.1 Å². The van der Waals surface area contributed by atoms with E-state index in [1.165, 1.54) is 38.3 Å². The predicted octanol–water partition coefficient (Wildman–Crippen LogP) is 4.46. The van der Waals surface area contributed by atoms with Crippen LogP contribution in [0.4, 0.5) is 17.1 Å². The highest BCUT2D eigenvalue weighted by Crippen LogP contribution is 2.45. The van der Waals surface area contributed by atoms with Gasteiger partial charge < -0.3 is 21.7 Å². The molecule has 1 spiro atoms. The number of anilines is 3. The van der Waals surface area contributed by atoms with Gasteiger partial charge in [-0.05, 0) is 67.8 Å². The van der Waals surface area contributed by atoms with Crippen molar-refractivity contribution in [1.29, 1.82) is 0 Å². The minimum absolute atomic E-state index is 0.0364. The molecule has 2 aliphatic carbocycles. The van der Waals surface area contributed by atoms with Gasteiger partial charge in [0, 0.05) is 45.3 Å². The van der Waals surface area contributed by atoms with Gasteiger partial charge in [0.05, 0.1) is 0 Å². The van der Waals surface area contributed by atoms with Crippen LogP contribution in [-0.4, -0.2) is 11.2 Å². The van der Waals surface area contributed by atoms with E-state index in [4.69, 9.17) is 5.73 Å². The van der Waals surface area contributed by atoms with Crippen LogP contribution in [0.3, 0.4) is 0 Å². The van der Waals surface area contributed by atoms with Crippen molar-refractivity contribution >= 4 is 39.6 Å². The summed E-state index contributed by atoms with van der Waals surface area (Å²) in [7, 11) is 0. The van der Waals surface area contributed by atoms with Crippen molar-refractivity contribution in [2.75, 3.05) is 16.0 Å². The van der Waals surface area contributed by atoms with Crippen molar-refractivity contribution < 1.29 is 0 Å². The Labute approximate surface area is 183 Å². The first-order valence-corrected chi connectivity index (χ1v) is 11.5. The molecule has 3 aromatic carbocycles. The molecule has 1 heterocycles. The third kappa shape index (κ3) is 3.04. The van der Waals surface area contributed by atoms with Gasteiger partial charge in [-0.2, -0.15) is 0 Å². The lowest BCUT2D eigenvalue weighted by molar-refractivity contribution is 0.261. The molecule has 0 aromatic heterocycles. The van der Waals surface area contributed by atoms with Crippen molar-refractivity contribution in [2.45, 2.75) is 56.7 Å². The Balaban J connectivity index is 1.36. The number of hydrogen-bond acceptors (Lipinski definition) is 4. The maximum absolute atomic E-state index is 6.46. The zero-order valence-electron chi connectivity index (χ0n) is 18.1. The highest BCUT2D eigenvalue weighted by atomic mass is 15.2. The molecule has 0 amide bonds. The van der Waals surface area contributed by atoms with E-state index in [-0.39, 0.29) is 11.2 Å². The van der Waals surface area contributed by atoms with Crippen LogP contribution in [0.5, 0.6) is 0 Å². The first-order valence-electron chi connectivity index (χ1n) is 11.5. The summed E-state index contributed by atoms with van der Waals surface area (Å²) < 4.78 is 0. The second-order valence-electron chi connectivity index (χ2n) is 9.80. The van der Waals surface area contributed by atoms with Crippen molar-refractivity contribution in [3.05, 3.63) is 65.0 Å². The van der Waals surface area contributed by atoms with Gasteiger partial charge in [-0.3, -0.25) is 0 Å². The summed E-state index contributed by atoms with van der Waals surface area (Å²) in [6.07, 6.45) is 8.66. The van der Waals surface area contributed by atoms with E-state index in [1.54, 1.807) is 0 Å². The zero-order chi connectivity index (χ0) is 21.1. The average Bonchev–Trinajstić information content (AvgIpc) is 2.74. The molecule has 6 rings (SSSR count). The highest BCUT2D eigenvalue weighted by molar-refractivity contribution is 6.05. The lowest BCUT2D eigenvalue weighted by Gasteiger charge is -2.50. The Bertz CT molecular complexity index is 1270. The van der Waals surface area contributed by atoms with E-state index in [1.807, 2.05) is 0 Å². The van der Waals surface area contributed by atoms with E-state index < -0.39 is 0 Å². The minimum atomic E-state index is -0.154. The van der Waals surface area contributed by atoms with Crippen LogP contribution in [0.1, 0.15) is 45.4 Å². The molecular formula is C27H30N4. The lowest BCUT2D eigenvalue weighted by atomic mass is 9.75. The summed E-state index contributed by atoms with van der Waals surface area (Å²) in [5.74, 6) is 0. The number of hydrogen-bond donors (Lipinski definition) is 4. The van der Waals surface area contributed by atoms with Crippen molar-refractivity contribution in [3.8, 4) is 0 Å². The van der Waals surface area contributed by atoms with E-state index >= 15 is 0 Å². The van der Waals surface area contributed by atoms with Gasteiger partial charge in [0.15, 0.2) is 0 Å². The summed E-state index contributed by atoms with van der Waals surface area (Å²) in [6.45, 7) is 2.36. The smallest absolute Gasteiger partial charge is 0.110 e. The Hall–Kier alpha value is -3.14. The van der Waals surface area contributed by atoms with Crippen molar-refractivity contribution in [2.24, 2.45) is 5.73 Å². The summed E-state index contributed by atoms with van der Waals surface area (Å²) in [5, 5.41) is 16.8. The van der Waals surface area contributed by atoms with E-state index in [0.717, 1.165) is 44.2 Å². The van der Waals surface area contributed by atoms with Crippen LogP contribution in [0.25, 0.3) is 22.5 Å². The van der Waals surface area contributed by atoms with E-state index in [2.05, 4.69) is 83.5 Å². The molecule has 4 heteroatoms. The molecule has 3 aromatic rings. The Morgan fingerprint density at radius 3 is 2.45 bits per heavy atom. The zero-order valence-corrected chi connectivity index (χ0v) is 18.1. The van der Waals surface area contributed by atoms with Crippen LogP contribution in [0.2, 0.25) is 0 Å². The largest absolute Gasteiger partial charge is 0.401 e. The maximum Gasteiger partial charge on any atom is 0.110 e. The van der Waals surface area contributed by atoms with Crippen LogP contribution < -0.4 is 32.1 Å². The third-order valence-corrected chi connectivity index (χ3v) is 7.31. The van der Waals surface area contributed by atoms with Crippen molar-refractivity contribution in [3.63, 3.8) is 0 Å². The first kappa shape index (κ1) is 18.6. The molecule has 0 bridgehead atoms. The Kier molecular flexibility index (Phi) is 4.01. The number of fused-ring (bicyclic) bond motifs is 1. The van der Waals surface area contributed by atoms with Gasteiger partial charge >= 0.3 is 0 Å². The van der Waals surface area contributed by atoms with Gasteiger partial charge in [-0.15, -0.1) is 0 Å². The summed E-state index contributed by atoms with van der Waals surface area (Å²) in [4.78, 5) is 0. The van der Waals surface area contributed by atoms with E-state index in [9.17, 15) is 0 Å². The second-order valence-corrected chi connectivity index (χ2v) is 9.80. The fraction of sp³-hybridized carbons (Fsp3) is 0.333. The number of rotatable bonds is 2. The molecule has 1 saturated carbocycles. The predicted molar refractivity (Wildman–Crippen MR) is 131 cm³/mol. The molecule has 4 nitrogen and oxygen atoms in total. The molecule has 0 saturated heterocycles.